The van der Waals surface area contributed by atoms with Gasteiger partial charge in [0.2, 0.25) is 0 Å². The number of nitrogens with zero attached hydrogens (tertiary/aromatic N) is 3. The molecule has 2 heterocycles. The highest BCUT2D eigenvalue weighted by Crippen LogP contribution is 2.25. The van der Waals surface area contributed by atoms with Crippen LogP contribution in [0.2, 0.25) is 0 Å². The summed E-state index contributed by atoms with van der Waals surface area (Å²) in [6.45, 7) is 8.69. The van der Waals surface area contributed by atoms with E-state index in [2.05, 4.69) is 71.7 Å². The molecule has 3 rings (SSSR count). The number of aliphatic imine (C=N–C) groups is 1. The van der Waals surface area contributed by atoms with Crippen LogP contribution in [0, 0.1) is 13.8 Å². The van der Waals surface area contributed by atoms with Gasteiger partial charge >= 0.3 is 0 Å². The molecule has 1 aliphatic heterocycles. The van der Waals surface area contributed by atoms with Gasteiger partial charge in [-0.1, -0.05) is 18.2 Å². The highest BCUT2D eigenvalue weighted by molar-refractivity contribution is 14.0. The number of para-hydroxylation sites is 1. The van der Waals surface area contributed by atoms with E-state index in [9.17, 15) is 0 Å². The van der Waals surface area contributed by atoms with Crippen LogP contribution in [0.25, 0.3) is 5.69 Å². The molecule has 1 saturated heterocycles. The van der Waals surface area contributed by atoms with E-state index in [1.54, 1.807) is 0 Å². The normalized spacial score (nSPS) is 16.9. The summed E-state index contributed by atoms with van der Waals surface area (Å²) < 4.78 is 2.01. The molecule has 2 aromatic rings. The average molecular weight is 499 g/mol. The fraction of sp³-hybridized carbons (Fsp3) is 0.500. The number of rotatable bonds is 6. The Hall–Kier alpha value is -1.22. The summed E-state index contributed by atoms with van der Waals surface area (Å²) in [5.41, 5.74) is 4.45. The smallest absolute Gasteiger partial charge is 0.191 e. The van der Waals surface area contributed by atoms with Gasteiger partial charge in [0.1, 0.15) is 0 Å². The van der Waals surface area contributed by atoms with Crippen molar-refractivity contribution in [3.63, 3.8) is 0 Å². The van der Waals surface area contributed by atoms with E-state index in [4.69, 9.17) is 4.99 Å². The van der Waals surface area contributed by atoms with Crippen molar-refractivity contribution in [3.05, 3.63) is 47.3 Å². The Labute approximate surface area is 183 Å². The quantitative estimate of drug-likeness (QED) is 0.358. The molecule has 1 unspecified atom stereocenters. The van der Waals surface area contributed by atoms with E-state index in [1.165, 1.54) is 24.2 Å². The molecule has 2 N–H and O–H groups in total. The maximum absolute atomic E-state index is 4.81. The summed E-state index contributed by atoms with van der Waals surface area (Å²) in [5, 5.41) is 12.2. The third-order valence-electron chi connectivity index (χ3n) is 4.50. The molecule has 0 amide bonds. The van der Waals surface area contributed by atoms with Crippen LogP contribution in [0.5, 0.6) is 0 Å². The lowest BCUT2D eigenvalue weighted by Gasteiger charge is -2.15. The number of halogens is 1. The van der Waals surface area contributed by atoms with Gasteiger partial charge in [-0.25, -0.2) is 9.67 Å². The van der Waals surface area contributed by atoms with Crippen LogP contribution in [-0.2, 0) is 6.54 Å². The van der Waals surface area contributed by atoms with Gasteiger partial charge < -0.3 is 10.6 Å². The van der Waals surface area contributed by atoms with E-state index in [1.807, 2.05) is 11.6 Å². The zero-order valence-corrected chi connectivity index (χ0v) is 19.5. The third-order valence-corrected chi connectivity index (χ3v) is 5.90. The molecule has 0 spiro atoms. The molecule has 0 aliphatic carbocycles. The number of thioether (sulfide) groups is 1. The molecule has 1 aliphatic rings. The summed E-state index contributed by atoms with van der Waals surface area (Å²) in [5.74, 6) is 2.18. The highest BCUT2D eigenvalue weighted by Gasteiger charge is 2.15. The van der Waals surface area contributed by atoms with Crippen molar-refractivity contribution in [2.24, 2.45) is 4.99 Å². The number of hydrogen-bond acceptors (Lipinski definition) is 3. The van der Waals surface area contributed by atoms with Crippen LogP contribution in [0.1, 0.15) is 36.7 Å². The summed E-state index contributed by atoms with van der Waals surface area (Å²) in [6, 6.07) is 10.5. The first-order chi connectivity index (χ1) is 12.7. The van der Waals surface area contributed by atoms with E-state index < -0.39 is 0 Å². The molecule has 1 fully saturated rings. The fourth-order valence-corrected chi connectivity index (χ4v) is 4.45. The van der Waals surface area contributed by atoms with Crippen molar-refractivity contribution in [2.45, 2.75) is 45.4 Å². The second-order valence-electron chi connectivity index (χ2n) is 6.68. The number of nitrogens with one attached hydrogen (secondary N) is 2. The van der Waals surface area contributed by atoms with Gasteiger partial charge in [0.25, 0.3) is 0 Å². The molecule has 0 bridgehead atoms. The minimum Gasteiger partial charge on any atom is -0.357 e. The Bertz CT molecular complexity index is 753. The maximum atomic E-state index is 4.81. The molecule has 5 nitrogen and oxygen atoms in total. The van der Waals surface area contributed by atoms with Gasteiger partial charge in [-0.2, -0.15) is 16.9 Å². The minimum absolute atomic E-state index is 0. The summed E-state index contributed by atoms with van der Waals surface area (Å²) in [6.07, 6.45) is 2.64. The van der Waals surface area contributed by atoms with Crippen molar-refractivity contribution >= 4 is 41.7 Å². The fourth-order valence-electron chi connectivity index (χ4n) is 3.25. The van der Waals surface area contributed by atoms with Crippen molar-refractivity contribution in [1.82, 2.24) is 20.4 Å². The molecule has 1 aromatic carbocycles. The molecule has 7 heteroatoms. The monoisotopic (exact) mass is 499 g/mol. The predicted octanol–water partition coefficient (Wildman–Crippen LogP) is 4.06. The molecule has 27 heavy (non-hydrogen) atoms. The Balaban J connectivity index is 0.00000261. The third kappa shape index (κ3) is 6.14. The van der Waals surface area contributed by atoms with Crippen molar-refractivity contribution in [3.8, 4) is 5.69 Å². The topological polar surface area (TPSA) is 54.2 Å². The largest absolute Gasteiger partial charge is 0.357 e. The first kappa shape index (κ1) is 22.1. The van der Waals surface area contributed by atoms with Gasteiger partial charge in [-0.3, -0.25) is 0 Å². The second kappa shape index (κ2) is 10.9. The van der Waals surface area contributed by atoms with Crippen LogP contribution >= 0.6 is 35.7 Å². The second-order valence-corrected chi connectivity index (χ2v) is 8.09. The lowest BCUT2D eigenvalue weighted by molar-refractivity contribution is 0.726. The van der Waals surface area contributed by atoms with Crippen LogP contribution < -0.4 is 10.6 Å². The van der Waals surface area contributed by atoms with E-state index in [0.29, 0.717) is 11.8 Å². The Morgan fingerprint density at radius 2 is 2.11 bits per heavy atom. The van der Waals surface area contributed by atoms with Gasteiger partial charge in [0.05, 0.1) is 17.9 Å². The SMILES string of the molecule is CCNC(=NCc1ccccc1-n1nc(C)cc1C)NCC1CCCS1.I. The van der Waals surface area contributed by atoms with Crippen molar-refractivity contribution < 1.29 is 0 Å². The minimum atomic E-state index is 0. The van der Waals surface area contributed by atoms with E-state index in [0.717, 1.165) is 36.1 Å². The first-order valence-corrected chi connectivity index (χ1v) is 10.5. The standard InChI is InChI=1S/C20H29N5S.HI/c1-4-21-20(23-14-18-9-7-11-26-18)22-13-17-8-5-6-10-19(17)25-16(3)12-15(2)24-25;/h5-6,8,10,12,18H,4,7,9,11,13-14H2,1-3H3,(H2,21,22,23);1H. The van der Waals surface area contributed by atoms with Gasteiger partial charge in [-0.05, 0) is 57.1 Å². The number of aromatic nitrogens is 2. The van der Waals surface area contributed by atoms with Gasteiger partial charge in [0, 0.05) is 24.0 Å². The Kier molecular flexibility index (Phi) is 8.95. The van der Waals surface area contributed by atoms with E-state index in [-0.39, 0.29) is 24.0 Å². The lowest BCUT2D eigenvalue weighted by atomic mass is 10.2. The highest BCUT2D eigenvalue weighted by atomic mass is 127. The number of benzene rings is 1. The molecular formula is C20H30IN5S. The van der Waals surface area contributed by atoms with Gasteiger partial charge in [-0.15, -0.1) is 24.0 Å². The molecule has 0 radical (unpaired) electrons. The summed E-state index contributed by atoms with van der Waals surface area (Å²) >= 11 is 2.06. The molecule has 1 atom stereocenters. The van der Waals surface area contributed by atoms with Crippen LogP contribution in [0.4, 0.5) is 0 Å². The molecule has 148 valence electrons. The molecular weight excluding hydrogens is 469 g/mol. The number of hydrogen-bond donors (Lipinski definition) is 2. The first-order valence-electron chi connectivity index (χ1n) is 9.42. The number of aryl methyl sites for hydroxylation is 2. The predicted molar refractivity (Wildman–Crippen MR) is 127 cm³/mol. The zero-order chi connectivity index (χ0) is 18.4. The van der Waals surface area contributed by atoms with Gasteiger partial charge in [0.15, 0.2) is 5.96 Å². The van der Waals surface area contributed by atoms with Crippen molar-refractivity contribution in [2.75, 3.05) is 18.8 Å². The Morgan fingerprint density at radius 1 is 1.30 bits per heavy atom. The zero-order valence-electron chi connectivity index (χ0n) is 16.4. The summed E-state index contributed by atoms with van der Waals surface area (Å²) in [4.78, 5) is 4.81. The lowest BCUT2D eigenvalue weighted by Crippen LogP contribution is -2.40. The average Bonchev–Trinajstić information content (AvgIpc) is 3.27. The van der Waals surface area contributed by atoms with E-state index >= 15 is 0 Å². The molecule has 0 saturated carbocycles. The van der Waals surface area contributed by atoms with Crippen LogP contribution in [-0.4, -0.2) is 39.8 Å². The van der Waals surface area contributed by atoms with Crippen LogP contribution in [0.3, 0.4) is 0 Å². The maximum Gasteiger partial charge on any atom is 0.191 e. The molecule has 1 aromatic heterocycles. The van der Waals surface area contributed by atoms with Crippen LogP contribution in [0.15, 0.2) is 35.3 Å². The summed E-state index contributed by atoms with van der Waals surface area (Å²) in [7, 11) is 0. The van der Waals surface area contributed by atoms with Crippen molar-refractivity contribution in [1.29, 1.82) is 0 Å². The number of guanidine groups is 1. The Morgan fingerprint density at radius 3 is 2.78 bits per heavy atom.